The third kappa shape index (κ3) is 4.43. The maximum Gasteiger partial charge on any atom is 0.331 e. The smallest absolute Gasteiger partial charge is 0.331 e. The summed E-state index contributed by atoms with van der Waals surface area (Å²) in [5, 5.41) is 3.21. The SMILES string of the molecule is CCOC(=O)/C=C(\C)c1ccc(N(C)C2CCCCC2)c(N=O)c1. The molecule has 5 heteroatoms. The molecule has 0 saturated heterocycles. The lowest BCUT2D eigenvalue weighted by Crippen LogP contribution is -2.33. The molecule has 0 aliphatic heterocycles. The maximum atomic E-state index is 11.6. The molecule has 24 heavy (non-hydrogen) atoms. The van der Waals surface area contributed by atoms with Gasteiger partial charge in [-0.3, -0.25) is 0 Å². The molecule has 0 radical (unpaired) electrons. The van der Waals surface area contributed by atoms with E-state index in [1.54, 1.807) is 13.0 Å². The number of nitrogens with zero attached hydrogens (tertiary/aromatic N) is 2. The predicted octanol–water partition coefficient (Wildman–Crippen LogP) is 4.82. The number of ether oxygens (including phenoxy) is 1. The summed E-state index contributed by atoms with van der Waals surface area (Å²) in [5.41, 5.74) is 2.82. The normalized spacial score (nSPS) is 15.9. The highest BCUT2D eigenvalue weighted by Crippen LogP contribution is 2.35. The molecule has 0 spiro atoms. The van der Waals surface area contributed by atoms with Crippen molar-refractivity contribution in [2.45, 2.75) is 52.0 Å². The summed E-state index contributed by atoms with van der Waals surface area (Å²) in [6.45, 7) is 3.94. The number of anilines is 1. The standard InChI is InChI=1S/C19H26N2O3/c1-4-24-19(22)12-14(2)15-10-11-18(17(13-15)20-23)21(3)16-8-6-5-7-9-16/h10-13,16H,4-9H2,1-3H3/b14-12+. The van der Waals surface area contributed by atoms with Crippen molar-refractivity contribution in [1.82, 2.24) is 0 Å². The number of carbonyl (C=O) groups is 1. The Hall–Kier alpha value is -2.17. The number of nitroso groups, excluding NO2 is 1. The molecule has 0 atom stereocenters. The Kier molecular flexibility index (Phi) is 6.53. The monoisotopic (exact) mass is 330 g/mol. The molecule has 1 aliphatic carbocycles. The first-order chi connectivity index (χ1) is 11.6. The quantitative estimate of drug-likeness (QED) is 0.426. The molecule has 5 nitrogen and oxygen atoms in total. The fraction of sp³-hybridized carbons (Fsp3) is 0.526. The van der Waals surface area contributed by atoms with E-state index < -0.39 is 0 Å². The Balaban J connectivity index is 2.23. The molecular formula is C19H26N2O3. The van der Waals surface area contributed by atoms with Crippen molar-refractivity contribution < 1.29 is 9.53 Å². The van der Waals surface area contributed by atoms with Gasteiger partial charge >= 0.3 is 5.97 Å². The minimum absolute atomic E-state index is 0.342. The number of hydrogen-bond donors (Lipinski definition) is 0. The van der Waals surface area contributed by atoms with Gasteiger partial charge in [-0.25, -0.2) is 4.79 Å². The average Bonchev–Trinajstić information content (AvgIpc) is 2.61. The van der Waals surface area contributed by atoms with Crippen LogP contribution < -0.4 is 4.90 Å². The summed E-state index contributed by atoms with van der Waals surface area (Å²) in [4.78, 5) is 25.1. The second-order valence-corrected chi connectivity index (χ2v) is 6.28. The highest BCUT2D eigenvalue weighted by molar-refractivity contribution is 5.91. The summed E-state index contributed by atoms with van der Waals surface area (Å²) in [6.07, 6.45) is 7.51. The van der Waals surface area contributed by atoms with Gasteiger partial charge in [-0.1, -0.05) is 25.3 Å². The Morgan fingerprint density at radius 3 is 2.67 bits per heavy atom. The molecule has 2 rings (SSSR count). The van der Waals surface area contributed by atoms with Crippen molar-refractivity contribution in [3.8, 4) is 0 Å². The minimum Gasteiger partial charge on any atom is -0.463 e. The molecule has 0 amide bonds. The fourth-order valence-corrected chi connectivity index (χ4v) is 3.25. The number of allylic oxidation sites excluding steroid dienone is 1. The third-order valence-electron chi connectivity index (χ3n) is 4.65. The van der Waals surface area contributed by atoms with Gasteiger partial charge in [0, 0.05) is 19.2 Å². The molecular weight excluding hydrogens is 304 g/mol. The van der Waals surface area contributed by atoms with Gasteiger partial charge in [-0.2, -0.15) is 0 Å². The second kappa shape index (κ2) is 8.62. The van der Waals surface area contributed by atoms with E-state index in [0.717, 1.165) is 29.7 Å². The first kappa shape index (κ1) is 18.2. The van der Waals surface area contributed by atoms with Gasteiger partial charge in [-0.15, -0.1) is 4.91 Å². The highest BCUT2D eigenvalue weighted by atomic mass is 16.5. The molecule has 0 N–H and O–H groups in total. The summed E-state index contributed by atoms with van der Waals surface area (Å²) < 4.78 is 4.92. The summed E-state index contributed by atoms with van der Waals surface area (Å²) in [5.74, 6) is -0.376. The van der Waals surface area contributed by atoms with Crippen LogP contribution in [0.4, 0.5) is 11.4 Å². The van der Waals surface area contributed by atoms with Crippen LogP contribution in [-0.4, -0.2) is 25.7 Å². The van der Waals surface area contributed by atoms with Crippen LogP contribution >= 0.6 is 0 Å². The van der Waals surface area contributed by atoms with Crippen LogP contribution in [0, 0.1) is 4.91 Å². The van der Waals surface area contributed by atoms with Crippen LogP contribution in [0.3, 0.4) is 0 Å². The summed E-state index contributed by atoms with van der Waals surface area (Å²) in [7, 11) is 2.03. The molecule has 1 aromatic carbocycles. The van der Waals surface area contributed by atoms with Crippen LogP contribution in [0.1, 0.15) is 51.5 Å². The summed E-state index contributed by atoms with van der Waals surface area (Å²) >= 11 is 0. The maximum absolute atomic E-state index is 11.6. The minimum atomic E-state index is -0.376. The van der Waals surface area contributed by atoms with Crippen LogP contribution in [0.5, 0.6) is 0 Å². The van der Waals surface area contributed by atoms with Crippen molar-refractivity contribution in [3.63, 3.8) is 0 Å². The van der Waals surface area contributed by atoms with Crippen molar-refractivity contribution in [3.05, 3.63) is 34.7 Å². The van der Waals surface area contributed by atoms with Gasteiger partial charge in [0.25, 0.3) is 0 Å². The molecule has 0 aromatic heterocycles. The molecule has 1 saturated carbocycles. The highest BCUT2D eigenvalue weighted by Gasteiger charge is 2.21. The van der Waals surface area contributed by atoms with E-state index in [0.29, 0.717) is 18.3 Å². The second-order valence-electron chi connectivity index (χ2n) is 6.28. The van der Waals surface area contributed by atoms with Crippen LogP contribution in [0.15, 0.2) is 29.5 Å². The van der Waals surface area contributed by atoms with E-state index in [2.05, 4.69) is 10.1 Å². The Labute approximate surface area is 143 Å². The third-order valence-corrected chi connectivity index (χ3v) is 4.65. The molecule has 1 aromatic rings. The zero-order chi connectivity index (χ0) is 17.5. The predicted molar refractivity (Wildman–Crippen MR) is 97.5 cm³/mol. The van der Waals surface area contributed by atoms with Gasteiger partial charge in [0.15, 0.2) is 0 Å². The molecule has 1 aliphatic rings. The summed E-state index contributed by atoms with van der Waals surface area (Å²) in [6, 6.07) is 6.05. The van der Waals surface area contributed by atoms with Gasteiger partial charge in [0.05, 0.1) is 12.3 Å². The van der Waals surface area contributed by atoms with Crippen molar-refractivity contribution in [1.29, 1.82) is 0 Å². The van der Waals surface area contributed by atoms with Crippen molar-refractivity contribution in [2.24, 2.45) is 5.18 Å². The Morgan fingerprint density at radius 1 is 1.33 bits per heavy atom. The lowest BCUT2D eigenvalue weighted by atomic mass is 9.94. The molecule has 1 fully saturated rings. The first-order valence-electron chi connectivity index (χ1n) is 8.62. The van der Waals surface area contributed by atoms with Gasteiger partial charge in [-0.05, 0) is 55.1 Å². The van der Waals surface area contributed by atoms with E-state index in [-0.39, 0.29) is 5.97 Å². The van der Waals surface area contributed by atoms with E-state index in [4.69, 9.17) is 4.74 Å². The lowest BCUT2D eigenvalue weighted by molar-refractivity contribution is -0.137. The zero-order valence-electron chi connectivity index (χ0n) is 14.7. The number of carbonyl (C=O) groups excluding carboxylic acids is 1. The topological polar surface area (TPSA) is 59.0 Å². The molecule has 130 valence electrons. The number of benzene rings is 1. The van der Waals surface area contributed by atoms with Gasteiger partial charge in [0.2, 0.25) is 0 Å². The van der Waals surface area contributed by atoms with Crippen molar-refractivity contribution >= 4 is 22.9 Å². The van der Waals surface area contributed by atoms with Crippen LogP contribution in [0.2, 0.25) is 0 Å². The van der Waals surface area contributed by atoms with E-state index >= 15 is 0 Å². The van der Waals surface area contributed by atoms with E-state index in [1.807, 2.05) is 26.1 Å². The number of esters is 1. The number of hydrogen-bond acceptors (Lipinski definition) is 5. The lowest BCUT2D eigenvalue weighted by Gasteiger charge is -2.33. The van der Waals surface area contributed by atoms with E-state index in [1.165, 1.54) is 25.3 Å². The van der Waals surface area contributed by atoms with Crippen molar-refractivity contribution in [2.75, 3.05) is 18.6 Å². The number of rotatable bonds is 6. The first-order valence-corrected chi connectivity index (χ1v) is 8.62. The van der Waals surface area contributed by atoms with Gasteiger partial charge < -0.3 is 9.64 Å². The van der Waals surface area contributed by atoms with E-state index in [9.17, 15) is 9.70 Å². The zero-order valence-corrected chi connectivity index (χ0v) is 14.7. The Morgan fingerprint density at radius 2 is 2.04 bits per heavy atom. The molecule has 0 heterocycles. The molecule has 0 unspecified atom stereocenters. The molecule has 0 bridgehead atoms. The fourth-order valence-electron chi connectivity index (χ4n) is 3.25. The Bertz CT molecular complexity index is 619. The average molecular weight is 330 g/mol. The van der Waals surface area contributed by atoms with Crippen LogP contribution in [-0.2, 0) is 9.53 Å². The van der Waals surface area contributed by atoms with Crippen LogP contribution in [0.25, 0.3) is 5.57 Å². The van der Waals surface area contributed by atoms with Gasteiger partial charge in [0.1, 0.15) is 5.69 Å². The largest absolute Gasteiger partial charge is 0.463 e.